The maximum atomic E-state index is 13.0. The standard InChI is InChI=1S/C23H39NO3/c1-5-27-19(26)22(4)10-6-9-21(3)16(22)8-12-23-14-20(2,11-7-17(21)23)18(25)15(23)13-24/h15-18,25H,5-14,24H2,1-4H3/t15-,16?,17?,18-,20+,21-,22-,23-/m1/s1. The van der Waals surface area contributed by atoms with E-state index in [2.05, 4.69) is 20.8 Å². The van der Waals surface area contributed by atoms with Gasteiger partial charge in [-0.1, -0.05) is 20.3 Å². The molecule has 4 heteroatoms. The number of aliphatic hydroxyl groups excluding tert-OH is 1. The molecule has 1 spiro atoms. The van der Waals surface area contributed by atoms with Crippen LogP contribution in [0.25, 0.3) is 0 Å². The highest BCUT2D eigenvalue weighted by atomic mass is 16.5. The summed E-state index contributed by atoms with van der Waals surface area (Å²) in [6.07, 6.45) is 8.55. The number of esters is 1. The highest BCUT2D eigenvalue weighted by Gasteiger charge is 2.71. The lowest BCUT2D eigenvalue weighted by Crippen LogP contribution is -2.60. The van der Waals surface area contributed by atoms with Gasteiger partial charge in [-0.05, 0) is 93.4 Å². The van der Waals surface area contributed by atoms with Gasteiger partial charge in [0.2, 0.25) is 0 Å². The third-order valence-corrected chi connectivity index (χ3v) is 9.93. The van der Waals surface area contributed by atoms with Gasteiger partial charge in [-0.3, -0.25) is 4.79 Å². The van der Waals surface area contributed by atoms with E-state index in [0.717, 1.165) is 38.5 Å². The first kappa shape index (κ1) is 19.7. The Morgan fingerprint density at radius 3 is 2.48 bits per heavy atom. The van der Waals surface area contributed by atoms with E-state index in [4.69, 9.17) is 10.5 Å². The summed E-state index contributed by atoms with van der Waals surface area (Å²) in [6.45, 7) is 9.87. The van der Waals surface area contributed by atoms with Gasteiger partial charge in [0.15, 0.2) is 0 Å². The Labute approximate surface area is 164 Å². The molecule has 4 rings (SSSR count). The van der Waals surface area contributed by atoms with Crippen LogP contribution in [0, 0.1) is 39.4 Å². The molecule has 0 amide bonds. The molecule has 0 aromatic heterocycles. The first-order valence-corrected chi connectivity index (χ1v) is 11.2. The van der Waals surface area contributed by atoms with Crippen molar-refractivity contribution in [3.05, 3.63) is 0 Å². The molecule has 3 N–H and O–H groups in total. The average Bonchev–Trinajstić information content (AvgIpc) is 2.76. The maximum Gasteiger partial charge on any atom is 0.312 e. The molecule has 154 valence electrons. The smallest absolute Gasteiger partial charge is 0.312 e. The van der Waals surface area contributed by atoms with Gasteiger partial charge in [-0.2, -0.15) is 0 Å². The van der Waals surface area contributed by atoms with E-state index < -0.39 is 0 Å². The fraction of sp³-hybridized carbons (Fsp3) is 0.957. The Kier molecular flexibility index (Phi) is 4.52. The number of hydrogen-bond acceptors (Lipinski definition) is 4. The van der Waals surface area contributed by atoms with Crippen molar-refractivity contribution in [1.29, 1.82) is 0 Å². The van der Waals surface area contributed by atoms with Gasteiger partial charge >= 0.3 is 5.97 Å². The SMILES string of the molecule is CCOC(=O)[C@]1(C)CCC[C@@]2(C)C3CC[C@@]4(C)C[C@]3(CCC21)[C@H](CN)[C@H]4O. The predicted molar refractivity (Wildman–Crippen MR) is 106 cm³/mol. The summed E-state index contributed by atoms with van der Waals surface area (Å²) in [6, 6.07) is 0. The Morgan fingerprint density at radius 1 is 1.11 bits per heavy atom. The molecular weight excluding hydrogens is 338 g/mol. The van der Waals surface area contributed by atoms with Crippen LogP contribution in [0.1, 0.15) is 79.1 Å². The fourth-order valence-corrected chi connectivity index (χ4v) is 8.90. The molecule has 4 nitrogen and oxygen atoms in total. The van der Waals surface area contributed by atoms with Crippen LogP contribution in [0.4, 0.5) is 0 Å². The third kappa shape index (κ3) is 2.38. The number of ether oxygens (including phenoxy) is 1. The Balaban J connectivity index is 1.74. The molecule has 4 saturated carbocycles. The summed E-state index contributed by atoms with van der Waals surface area (Å²) >= 11 is 0. The van der Waals surface area contributed by atoms with Crippen molar-refractivity contribution < 1.29 is 14.6 Å². The van der Waals surface area contributed by atoms with Crippen LogP contribution in [-0.4, -0.2) is 30.3 Å². The van der Waals surface area contributed by atoms with E-state index >= 15 is 0 Å². The summed E-state index contributed by atoms with van der Waals surface area (Å²) in [7, 11) is 0. The molecular formula is C23H39NO3. The lowest BCUT2D eigenvalue weighted by molar-refractivity contribution is -0.191. The van der Waals surface area contributed by atoms with Crippen molar-refractivity contribution >= 4 is 5.97 Å². The number of aliphatic hydroxyl groups is 1. The van der Waals surface area contributed by atoms with Gasteiger partial charge < -0.3 is 15.6 Å². The van der Waals surface area contributed by atoms with E-state index in [0.29, 0.717) is 25.0 Å². The topological polar surface area (TPSA) is 72.5 Å². The molecule has 0 aliphatic heterocycles. The molecule has 0 aromatic rings. The van der Waals surface area contributed by atoms with Crippen LogP contribution >= 0.6 is 0 Å². The molecule has 0 saturated heterocycles. The normalized spacial score (nSPS) is 54.1. The number of fused-ring (bicyclic) bond motifs is 3. The van der Waals surface area contributed by atoms with Gasteiger partial charge in [0.25, 0.3) is 0 Å². The van der Waals surface area contributed by atoms with Crippen molar-refractivity contribution in [2.45, 2.75) is 85.2 Å². The zero-order valence-corrected chi connectivity index (χ0v) is 17.7. The van der Waals surface area contributed by atoms with Crippen LogP contribution in [0.15, 0.2) is 0 Å². The number of carbonyl (C=O) groups excluding carboxylic acids is 1. The molecule has 27 heavy (non-hydrogen) atoms. The third-order valence-electron chi connectivity index (χ3n) is 9.93. The highest BCUT2D eigenvalue weighted by Crippen LogP contribution is 2.75. The van der Waals surface area contributed by atoms with Crippen molar-refractivity contribution in [3.63, 3.8) is 0 Å². The summed E-state index contributed by atoms with van der Waals surface area (Å²) in [4.78, 5) is 13.0. The molecule has 2 unspecified atom stereocenters. The van der Waals surface area contributed by atoms with E-state index in [-0.39, 0.29) is 39.7 Å². The average molecular weight is 378 g/mol. The zero-order chi connectivity index (χ0) is 19.7. The second kappa shape index (κ2) is 6.19. The second-order valence-electron chi connectivity index (χ2n) is 11.0. The van der Waals surface area contributed by atoms with Crippen LogP contribution in [0.3, 0.4) is 0 Å². The minimum absolute atomic E-state index is 0.0133. The summed E-state index contributed by atoms with van der Waals surface area (Å²) < 4.78 is 5.55. The zero-order valence-electron chi connectivity index (χ0n) is 17.7. The van der Waals surface area contributed by atoms with E-state index in [9.17, 15) is 9.90 Å². The van der Waals surface area contributed by atoms with E-state index in [1.54, 1.807) is 0 Å². The highest BCUT2D eigenvalue weighted by molar-refractivity contribution is 5.77. The van der Waals surface area contributed by atoms with Crippen molar-refractivity contribution in [2.75, 3.05) is 13.2 Å². The van der Waals surface area contributed by atoms with Crippen LogP contribution in [0.2, 0.25) is 0 Å². The first-order valence-electron chi connectivity index (χ1n) is 11.2. The first-order chi connectivity index (χ1) is 12.7. The molecule has 4 aliphatic carbocycles. The van der Waals surface area contributed by atoms with Crippen molar-refractivity contribution in [1.82, 2.24) is 0 Å². The summed E-state index contributed by atoms with van der Waals surface area (Å²) in [5, 5.41) is 11.1. The Morgan fingerprint density at radius 2 is 1.81 bits per heavy atom. The number of rotatable bonds is 3. The van der Waals surface area contributed by atoms with E-state index in [1.165, 1.54) is 12.8 Å². The van der Waals surface area contributed by atoms with Gasteiger partial charge in [-0.25, -0.2) is 0 Å². The Bertz CT molecular complexity index is 623. The van der Waals surface area contributed by atoms with Crippen molar-refractivity contribution in [3.8, 4) is 0 Å². The molecule has 0 heterocycles. The molecule has 0 radical (unpaired) electrons. The van der Waals surface area contributed by atoms with Crippen molar-refractivity contribution in [2.24, 2.45) is 45.1 Å². The minimum atomic E-state index is -0.360. The lowest BCUT2D eigenvalue weighted by Gasteiger charge is -2.65. The van der Waals surface area contributed by atoms with Gasteiger partial charge in [-0.15, -0.1) is 0 Å². The fourth-order valence-electron chi connectivity index (χ4n) is 8.90. The summed E-state index contributed by atoms with van der Waals surface area (Å²) in [5.74, 6) is 1.17. The second-order valence-corrected chi connectivity index (χ2v) is 11.0. The largest absolute Gasteiger partial charge is 0.466 e. The molecule has 4 aliphatic rings. The Hall–Kier alpha value is -0.610. The predicted octanol–water partition coefficient (Wildman–Crippen LogP) is 3.90. The number of nitrogens with two attached hydrogens (primary N) is 1. The van der Waals surface area contributed by atoms with Gasteiger partial charge in [0.1, 0.15) is 0 Å². The van der Waals surface area contributed by atoms with Crippen LogP contribution in [0.5, 0.6) is 0 Å². The number of carbonyl (C=O) groups is 1. The van der Waals surface area contributed by atoms with Gasteiger partial charge in [0, 0.05) is 5.92 Å². The number of hydrogen-bond donors (Lipinski definition) is 2. The van der Waals surface area contributed by atoms with Gasteiger partial charge in [0.05, 0.1) is 18.1 Å². The van der Waals surface area contributed by atoms with E-state index in [1.807, 2.05) is 6.92 Å². The van der Waals surface area contributed by atoms with Crippen LogP contribution < -0.4 is 5.73 Å². The summed E-state index contributed by atoms with van der Waals surface area (Å²) in [5.41, 5.74) is 6.24. The van der Waals surface area contributed by atoms with Crippen LogP contribution in [-0.2, 0) is 9.53 Å². The quantitative estimate of drug-likeness (QED) is 0.732. The molecule has 4 fully saturated rings. The molecule has 8 atom stereocenters. The minimum Gasteiger partial charge on any atom is -0.466 e. The molecule has 2 bridgehead atoms. The monoisotopic (exact) mass is 377 g/mol. The lowest BCUT2D eigenvalue weighted by atomic mass is 9.39. The molecule has 0 aromatic carbocycles. The maximum absolute atomic E-state index is 13.0.